The summed E-state index contributed by atoms with van der Waals surface area (Å²) in [7, 11) is 0. The van der Waals surface area contributed by atoms with Crippen LogP contribution >= 0.6 is 0 Å². The lowest BCUT2D eigenvalue weighted by molar-refractivity contribution is 0.0240. The van der Waals surface area contributed by atoms with E-state index in [-0.39, 0.29) is 11.8 Å². The van der Waals surface area contributed by atoms with Gasteiger partial charge >= 0.3 is 18.2 Å². The Balaban J connectivity index is 1.80. The van der Waals surface area contributed by atoms with Crippen LogP contribution in [0.4, 0.5) is 15.3 Å². The van der Waals surface area contributed by atoms with Crippen molar-refractivity contribution in [2.24, 2.45) is 0 Å². The Kier molecular flexibility index (Phi) is 7.63. The first-order chi connectivity index (χ1) is 18.2. The summed E-state index contributed by atoms with van der Waals surface area (Å²) < 4.78 is 12.4. The molecule has 208 valence electrons. The van der Waals surface area contributed by atoms with Gasteiger partial charge in [-0.25, -0.2) is 19.0 Å². The van der Waals surface area contributed by atoms with E-state index in [0.717, 1.165) is 5.56 Å². The topological polar surface area (TPSA) is 101 Å². The predicted molar refractivity (Wildman–Crippen MR) is 150 cm³/mol. The van der Waals surface area contributed by atoms with Gasteiger partial charge in [-0.15, -0.1) is 0 Å². The van der Waals surface area contributed by atoms with Crippen molar-refractivity contribution in [3.8, 4) is 0 Å². The number of hydrogen-bond donors (Lipinski definition) is 1. The number of benzene rings is 2. The SMILES string of the molecule is CC(C)(C)OC(=O)N1CCN(c2cccc3c(Cc4ccccc4)c(C(=O)O)n(C(=O)OC(C)(C)C)c23)CC1. The third-order valence-corrected chi connectivity index (χ3v) is 6.35. The van der Waals surface area contributed by atoms with Gasteiger partial charge in [-0.05, 0) is 58.7 Å². The van der Waals surface area contributed by atoms with E-state index in [1.807, 2.05) is 69.3 Å². The van der Waals surface area contributed by atoms with Gasteiger partial charge in [0.15, 0.2) is 0 Å². The number of carboxylic acid groups (broad SMARTS) is 1. The van der Waals surface area contributed by atoms with Crippen LogP contribution in [0.15, 0.2) is 48.5 Å². The smallest absolute Gasteiger partial charge is 0.419 e. The lowest BCUT2D eigenvalue weighted by atomic mass is 10.0. The average molecular weight is 536 g/mol. The number of hydrogen-bond acceptors (Lipinski definition) is 6. The second kappa shape index (κ2) is 10.6. The molecule has 0 radical (unpaired) electrons. The van der Waals surface area contributed by atoms with E-state index in [4.69, 9.17) is 9.47 Å². The number of aromatic carboxylic acids is 1. The zero-order valence-corrected chi connectivity index (χ0v) is 23.5. The highest BCUT2D eigenvalue weighted by Gasteiger charge is 2.33. The van der Waals surface area contributed by atoms with Gasteiger partial charge in [-0.3, -0.25) is 0 Å². The lowest BCUT2D eigenvalue weighted by Crippen LogP contribution is -2.50. The highest BCUT2D eigenvalue weighted by atomic mass is 16.6. The van der Waals surface area contributed by atoms with Crippen LogP contribution in [0.3, 0.4) is 0 Å². The second-order valence-corrected chi connectivity index (χ2v) is 11.7. The van der Waals surface area contributed by atoms with E-state index >= 15 is 0 Å². The number of ether oxygens (including phenoxy) is 2. The molecule has 1 fully saturated rings. The fourth-order valence-corrected chi connectivity index (χ4v) is 4.79. The third-order valence-electron chi connectivity index (χ3n) is 6.35. The fraction of sp³-hybridized carbons (Fsp3) is 0.433. The Bertz CT molecular complexity index is 1370. The molecular formula is C30H37N3O6. The number of anilines is 1. The molecule has 9 heteroatoms. The van der Waals surface area contributed by atoms with E-state index in [1.54, 1.807) is 25.7 Å². The molecule has 0 saturated carbocycles. The Labute approximate surface area is 228 Å². The molecule has 1 N–H and O–H groups in total. The van der Waals surface area contributed by atoms with Crippen molar-refractivity contribution in [2.75, 3.05) is 31.1 Å². The van der Waals surface area contributed by atoms with Gasteiger partial charge in [0.05, 0.1) is 11.2 Å². The molecule has 0 aliphatic carbocycles. The summed E-state index contributed by atoms with van der Waals surface area (Å²) in [5.74, 6) is -1.20. The van der Waals surface area contributed by atoms with Crippen molar-refractivity contribution in [1.29, 1.82) is 0 Å². The molecule has 1 aromatic heterocycles. The van der Waals surface area contributed by atoms with Crippen LogP contribution in [0, 0.1) is 0 Å². The molecule has 0 spiro atoms. The number of aromatic nitrogens is 1. The molecule has 39 heavy (non-hydrogen) atoms. The summed E-state index contributed by atoms with van der Waals surface area (Å²) in [6.45, 7) is 12.6. The highest BCUT2D eigenvalue weighted by molar-refractivity contribution is 6.08. The summed E-state index contributed by atoms with van der Waals surface area (Å²) >= 11 is 0. The zero-order chi connectivity index (χ0) is 28.5. The van der Waals surface area contributed by atoms with Crippen LogP contribution < -0.4 is 4.90 Å². The molecule has 3 aromatic rings. The standard InChI is InChI=1S/C30H37N3O6/c1-29(2,3)38-27(36)32-17-15-31(16-18-32)23-14-10-13-21-22(19-20-11-8-7-9-12-20)25(26(34)35)33(24(21)23)28(37)39-30(4,5)6/h7-14H,15-19H2,1-6H3,(H,34,35). The first-order valence-electron chi connectivity index (χ1n) is 13.1. The quantitative estimate of drug-likeness (QED) is 0.452. The minimum absolute atomic E-state index is 0.108. The van der Waals surface area contributed by atoms with Gasteiger partial charge < -0.3 is 24.4 Å². The number of carboxylic acids is 1. The van der Waals surface area contributed by atoms with Crippen molar-refractivity contribution in [3.63, 3.8) is 0 Å². The number of piperazine rings is 1. The second-order valence-electron chi connectivity index (χ2n) is 11.7. The zero-order valence-electron chi connectivity index (χ0n) is 23.5. The number of amides is 1. The lowest BCUT2D eigenvalue weighted by Gasteiger charge is -2.37. The number of nitrogens with zero attached hydrogens (tertiary/aromatic N) is 3. The van der Waals surface area contributed by atoms with Gasteiger partial charge in [0, 0.05) is 38.0 Å². The van der Waals surface area contributed by atoms with Gasteiger partial charge in [0.25, 0.3) is 0 Å². The van der Waals surface area contributed by atoms with Crippen LogP contribution in [0.5, 0.6) is 0 Å². The Morgan fingerprint density at radius 3 is 1.95 bits per heavy atom. The summed E-state index contributed by atoms with van der Waals surface area (Å²) in [4.78, 5) is 42.6. The van der Waals surface area contributed by atoms with E-state index in [1.165, 1.54) is 4.57 Å². The van der Waals surface area contributed by atoms with Crippen LogP contribution in [0.25, 0.3) is 10.9 Å². The minimum Gasteiger partial charge on any atom is -0.477 e. The maximum absolute atomic E-state index is 13.6. The first kappa shape index (κ1) is 28.0. The largest absolute Gasteiger partial charge is 0.477 e. The Morgan fingerprint density at radius 1 is 0.795 bits per heavy atom. The molecule has 1 amide bonds. The number of rotatable bonds is 4. The van der Waals surface area contributed by atoms with Gasteiger partial charge in [0.2, 0.25) is 0 Å². The molecule has 4 rings (SSSR count). The molecule has 0 unspecified atom stereocenters. The molecule has 0 atom stereocenters. The number of para-hydroxylation sites is 1. The van der Waals surface area contributed by atoms with Gasteiger partial charge in [0.1, 0.15) is 16.9 Å². The van der Waals surface area contributed by atoms with Crippen molar-refractivity contribution in [3.05, 3.63) is 65.4 Å². The van der Waals surface area contributed by atoms with Crippen molar-refractivity contribution in [2.45, 2.75) is 59.2 Å². The highest BCUT2D eigenvalue weighted by Crippen LogP contribution is 2.36. The summed E-state index contributed by atoms with van der Waals surface area (Å²) in [6.07, 6.45) is -0.773. The molecular weight excluding hydrogens is 498 g/mol. The normalized spacial score (nSPS) is 14.4. The van der Waals surface area contributed by atoms with Crippen molar-refractivity contribution in [1.82, 2.24) is 9.47 Å². The molecule has 2 aromatic carbocycles. The predicted octanol–water partition coefficient (Wildman–Crippen LogP) is 5.77. The van der Waals surface area contributed by atoms with E-state index in [9.17, 15) is 19.5 Å². The van der Waals surface area contributed by atoms with Crippen LogP contribution in [0.1, 0.15) is 63.2 Å². The van der Waals surface area contributed by atoms with Crippen molar-refractivity contribution < 1.29 is 29.0 Å². The maximum atomic E-state index is 13.6. The van der Waals surface area contributed by atoms with E-state index < -0.39 is 23.3 Å². The molecule has 0 bridgehead atoms. The van der Waals surface area contributed by atoms with E-state index in [2.05, 4.69) is 4.90 Å². The maximum Gasteiger partial charge on any atom is 0.419 e. The average Bonchev–Trinajstić information content (AvgIpc) is 3.17. The Morgan fingerprint density at radius 2 is 1.38 bits per heavy atom. The first-order valence-corrected chi connectivity index (χ1v) is 13.1. The molecule has 1 saturated heterocycles. The third kappa shape index (κ3) is 6.35. The van der Waals surface area contributed by atoms with Gasteiger partial charge in [-0.2, -0.15) is 0 Å². The number of carbonyl (C=O) groups excluding carboxylic acids is 2. The summed E-state index contributed by atoms with van der Waals surface area (Å²) in [5, 5.41) is 11.0. The number of carbonyl (C=O) groups is 3. The number of fused-ring (bicyclic) bond motifs is 1. The molecule has 2 heterocycles. The van der Waals surface area contributed by atoms with Gasteiger partial charge in [-0.1, -0.05) is 42.5 Å². The Hall–Kier alpha value is -4.01. The minimum atomic E-state index is -1.20. The molecule has 9 nitrogen and oxygen atoms in total. The summed E-state index contributed by atoms with van der Waals surface area (Å²) in [6, 6.07) is 15.2. The molecule has 1 aliphatic heterocycles. The summed E-state index contributed by atoms with van der Waals surface area (Å²) in [5.41, 5.74) is 1.16. The van der Waals surface area contributed by atoms with Crippen LogP contribution in [0.2, 0.25) is 0 Å². The van der Waals surface area contributed by atoms with Crippen LogP contribution in [-0.4, -0.2) is 70.1 Å². The van der Waals surface area contributed by atoms with Crippen molar-refractivity contribution >= 4 is 34.7 Å². The molecule has 1 aliphatic rings. The fourth-order valence-electron chi connectivity index (χ4n) is 4.79. The van der Waals surface area contributed by atoms with Crippen LogP contribution in [-0.2, 0) is 15.9 Å². The van der Waals surface area contributed by atoms with E-state index in [0.29, 0.717) is 54.8 Å². The monoisotopic (exact) mass is 535 g/mol.